The van der Waals surface area contributed by atoms with Gasteiger partial charge in [0, 0.05) is 6.20 Å². The van der Waals surface area contributed by atoms with Crippen LogP contribution in [-0.4, -0.2) is 22.7 Å². The van der Waals surface area contributed by atoms with Gasteiger partial charge in [-0.2, -0.15) is 5.10 Å². The zero-order chi connectivity index (χ0) is 23.8. The second kappa shape index (κ2) is 10.7. The van der Waals surface area contributed by atoms with Gasteiger partial charge in [0.25, 0.3) is 11.5 Å². The van der Waals surface area contributed by atoms with E-state index in [1.165, 1.54) is 16.8 Å². The Morgan fingerprint density at radius 1 is 0.853 bits per heavy atom. The Balaban J connectivity index is 1.36. The first-order valence-corrected chi connectivity index (χ1v) is 10.5. The summed E-state index contributed by atoms with van der Waals surface area (Å²) in [6.07, 6.45) is 3.08. The Morgan fingerprint density at radius 3 is 2.24 bits per heavy atom. The van der Waals surface area contributed by atoms with Crippen LogP contribution < -0.4 is 15.7 Å². The summed E-state index contributed by atoms with van der Waals surface area (Å²) in [4.78, 5) is 37.3. The van der Waals surface area contributed by atoms with E-state index in [1.54, 1.807) is 60.8 Å². The van der Waals surface area contributed by atoms with Crippen LogP contribution in [0.4, 0.5) is 0 Å². The SMILES string of the molecule is O=C(Oc1ccc(/C=N\NC(=O)c2cccn(Cc3ccccc3)c2=O)cc1)c1ccccc1. The van der Waals surface area contributed by atoms with Crippen LogP contribution in [0.3, 0.4) is 0 Å². The molecular formula is C27H21N3O4. The van der Waals surface area contributed by atoms with Crippen molar-refractivity contribution in [3.8, 4) is 5.75 Å². The maximum absolute atomic E-state index is 12.7. The van der Waals surface area contributed by atoms with Crippen molar-refractivity contribution in [2.45, 2.75) is 6.54 Å². The quantitative estimate of drug-likeness (QED) is 0.200. The van der Waals surface area contributed by atoms with Crippen LogP contribution >= 0.6 is 0 Å². The summed E-state index contributed by atoms with van der Waals surface area (Å²) in [7, 11) is 0. The summed E-state index contributed by atoms with van der Waals surface area (Å²) in [5.41, 5.74) is 4.07. The molecule has 34 heavy (non-hydrogen) atoms. The first kappa shape index (κ1) is 22.4. The molecule has 168 valence electrons. The number of nitrogens with one attached hydrogen (secondary N) is 1. The number of aromatic nitrogens is 1. The molecule has 1 aromatic heterocycles. The van der Waals surface area contributed by atoms with Gasteiger partial charge in [-0.3, -0.25) is 9.59 Å². The third kappa shape index (κ3) is 5.72. The van der Waals surface area contributed by atoms with E-state index in [0.717, 1.165) is 5.56 Å². The predicted molar refractivity (Wildman–Crippen MR) is 129 cm³/mol. The van der Waals surface area contributed by atoms with E-state index in [2.05, 4.69) is 10.5 Å². The van der Waals surface area contributed by atoms with Crippen LogP contribution in [0.1, 0.15) is 31.8 Å². The van der Waals surface area contributed by atoms with E-state index in [0.29, 0.717) is 23.4 Å². The second-order valence-electron chi connectivity index (χ2n) is 7.36. The number of hydrazone groups is 1. The second-order valence-corrected chi connectivity index (χ2v) is 7.36. The molecule has 7 nitrogen and oxygen atoms in total. The number of nitrogens with zero attached hydrogens (tertiary/aromatic N) is 2. The van der Waals surface area contributed by atoms with Crippen molar-refractivity contribution in [1.29, 1.82) is 0 Å². The lowest BCUT2D eigenvalue weighted by molar-refractivity contribution is 0.0734. The van der Waals surface area contributed by atoms with Crippen LogP contribution in [0, 0.1) is 0 Å². The third-order valence-corrected chi connectivity index (χ3v) is 4.94. The molecule has 0 spiro atoms. The molecule has 0 radical (unpaired) electrons. The summed E-state index contributed by atoms with van der Waals surface area (Å²) >= 11 is 0. The number of hydrogen-bond acceptors (Lipinski definition) is 5. The van der Waals surface area contributed by atoms with Gasteiger partial charge in [0.15, 0.2) is 0 Å². The molecule has 0 aliphatic carbocycles. The van der Waals surface area contributed by atoms with Crippen molar-refractivity contribution in [2.75, 3.05) is 0 Å². The maximum Gasteiger partial charge on any atom is 0.343 e. The average molecular weight is 451 g/mol. The summed E-state index contributed by atoms with van der Waals surface area (Å²) in [5.74, 6) is -0.662. The topological polar surface area (TPSA) is 89.8 Å². The number of carbonyl (C=O) groups excluding carboxylic acids is 2. The molecule has 0 bridgehead atoms. The maximum atomic E-state index is 12.7. The smallest absolute Gasteiger partial charge is 0.343 e. The monoisotopic (exact) mass is 451 g/mol. The van der Waals surface area contributed by atoms with Gasteiger partial charge in [0.05, 0.1) is 18.3 Å². The molecular weight excluding hydrogens is 430 g/mol. The standard InChI is InChI=1S/C27H21N3O4/c31-25(24-12-7-17-30(26(24)32)19-21-8-3-1-4-9-21)29-28-18-20-13-15-23(16-14-20)34-27(33)22-10-5-2-6-11-22/h1-18H,19H2,(H,29,31)/b28-18-. The molecule has 0 fully saturated rings. The summed E-state index contributed by atoms with van der Waals surface area (Å²) in [6.45, 7) is 0.366. The van der Waals surface area contributed by atoms with E-state index >= 15 is 0 Å². The number of esters is 1. The fraction of sp³-hybridized carbons (Fsp3) is 0.0370. The molecule has 1 amide bonds. The molecule has 4 aromatic rings. The minimum absolute atomic E-state index is 0.00115. The van der Waals surface area contributed by atoms with Crippen molar-refractivity contribution < 1.29 is 14.3 Å². The minimum atomic E-state index is -0.600. The molecule has 0 aliphatic rings. The van der Waals surface area contributed by atoms with Crippen LogP contribution in [0.2, 0.25) is 0 Å². The summed E-state index contributed by atoms with van der Waals surface area (Å²) in [5, 5.41) is 3.93. The molecule has 0 saturated heterocycles. The van der Waals surface area contributed by atoms with Crippen molar-refractivity contribution in [3.05, 3.63) is 136 Å². The van der Waals surface area contributed by atoms with Gasteiger partial charge >= 0.3 is 5.97 Å². The molecule has 0 aliphatic heterocycles. The average Bonchev–Trinajstić information content (AvgIpc) is 2.87. The fourth-order valence-electron chi connectivity index (χ4n) is 3.20. The van der Waals surface area contributed by atoms with E-state index in [9.17, 15) is 14.4 Å². The highest BCUT2D eigenvalue weighted by atomic mass is 16.5. The Hall–Kier alpha value is -4.78. The molecule has 1 heterocycles. The van der Waals surface area contributed by atoms with Crippen LogP contribution in [0.5, 0.6) is 5.75 Å². The molecule has 0 unspecified atom stereocenters. The lowest BCUT2D eigenvalue weighted by Gasteiger charge is -2.07. The molecule has 7 heteroatoms. The van der Waals surface area contributed by atoms with Crippen molar-refractivity contribution in [1.82, 2.24) is 9.99 Å². The largest absolute Gasteiger partial charge is 0.423 e. The summed E-state index contributed by atoms with van der Waals surface area (Å²) in [6, 6.07) is 28.0. The Kier molecular flexibility index (Phi) is 7.05. The van der Waals surface area contributed by atoms with Gasteiger partial charge in [-0.15, -0.1) is 0 Å². The van der Waals surface area contributed by atoms with Crippen LogP contribution in [-0.2, 0) is 6.54 Å². The van der Waals surface area contributed by atoms with E-state index in [1.807, 2.05) is 36.4 Å². The van der Waals surface area contributed by atoms with Gasteiger partial charge in [0.2, 0.25) is 0 Å². The van der Waals surface area contributed by atoms with E-state index < -0.39 is 17.4 Å². The third-order valence-electron chi connectivity index (χ3n) is 4.94. The normalized spacial score (nSPS) is 10.7. The molecule has 4 rings (SSSR count). The van der Waals surface area contributed by atoms with E-state index in [4.69, 9.17) is 4.74 Å². The van der Waals surface area contributed by atoms with Gasteiger partial charge in [-0.25, -0.2) is 10.2 Å². The van der Waals surface area contributed by atoms with Crippen LogP contribution in [0.15, 0.2) is 113 Å². The lowest BCUT2D eigenvalue weighted by Crippen LogP contribution is -2.30. The highest BCUT2D eigenvalue weighted by molar-refractivity contribution is 5.94. The first-order valence-electron chi connectivity index (χ1n) is 10.5. The van der Waals surface area contributed by atoms with Crippen molar-refractivity contribution in [2.24, 2.45) is 5.10 Å². The first-order chi connectivity index (χ1) is 16.6. The number of rotatable bonds is 7. The predicted octanol–water partition coefficient (Wildman–Crippen LogP) is 3.88. The van der Waals surface area contributed by atoms with Gasteiger partial charge in [-0.1, -0.05) is 48.5 Å². The summed E-state index contributed by atoms with van der Waals surface area (Å²) < 4.78 is 6.81. The molecule has 0 saturated carbocycles. The Bertz CT molecular complexity index is 1360. The highest BCUT2D eigenvalue weighted by Gasteiger charge is 2.12. The number of pyridine rings is 1. The number of ether oxygens (including phenoxy) is 1. The highest BCUT2D eigenvalue weighted by Crippen LogP contribution is 2.13. The molecule has 1 N–H and O–H groups in total. The minimum Gasteiger partial charge on any atom is -0.423 e. The van der Waals surface area contributed by atoms with Crippen LogP contribution in [0.25, 0.3) is 0 Å². The number of benzene rings is 3. The number of carbonyl (C=O) groups is 2. The fourth-order valence-corrected chi connectivity index (χ4v) is 3.20. The number of hydrogen-bond donors (Lipinski definition) is 1. The van der Waals surface area contributed by atoms with Crippen molar-refractivity contribution >= 4 is 18.1 Å². The van der Waals surface area contributed by atoms with E-state index in [-0.39, 0.29) is 5.56 Å². The van der Waals surface area contributed by atoms with Gasteiger partial charge in [-0.05, 0) is 59.7 Å². The Labute approximate surface area is 196 Å². The Morgan fingerprint density at radius 2 is 1.53 bits per heavy atom. The van der Waals surface area contributed by atoms with Gasteiger partial charge < -0.3 is 9.30 Å². The zero-order valence-corrected chi connectivity index (χ0v) is 18.1. The number of amides is 1. The van der Waals surface area contributed by atoms with Gasteiger partial charge in [0.1, 0.15) is 11.3 Å². The zero-order valence-electron chi connectivity index (χ0n) is 18.1. The molecule has 3 aromatic carbocycles. The molecule has 0 atom stereocenters. The lowest BCUT2D eigenvalue weighted by atomic mass is 10.2. The van der Waals surface area contributed by atoms with Crippen molar-refractivity contribution in [3.63, 3.8) is 0 Å².